The molecule has 1 N–H and O–H groups in total. The molecule has 0 aliphatic heterocycles. The molecular formula is C20H15F2N3O. The van der Waals surface area contributed by atoms with Gasteiger partial charge in [0.1, 0.15) is 6.54 Å². The van der Waals surface area contributed by atoms with E-state index in [4.69, 9.17) is 6.42 Å². The van der Waals surface area contributed by atoms with E-state index < -0.39 is 17.5 Å². The van der Waals surface area contributed by atoms with E-state index in [1.165, 1.54) is 11.6 Å². The third kappa shape index (κ3) is 2.82. The number of terminal acetylenes is 1. The highest BCUT2D eigenvalue weighted by Gasteiger charge is 2.28. The topological polar surface area (TPSA) is 46.9 Å². The Kier molecular flexibility index (Phi) is 3.92. The molecular weight excluding hydrogens is 336 g/mol. The lowest BCUT2D eigenvalue weighted by atomic mass is 10.1. The number of amides is 1. The molecule has 1 fully saturated rings. The van der Waals surface area contributed by atoms with Crippen LogP contribution in [-0.4, -0.2) is 15.7 Å². The summed E-state index contributed by atoms with van der Waals surface area (Å²) < 4.78 is 28.2. The largest absolute Gasteiger partial charge is 0.305 e. The number of hydrogen-bond donors (Lipinski definition) is 1. The van der Waals surface area contributed by atoms with Crippen LogP contribution in [0.25, 0.3) is 10.9 Å². The predicted molar refractivity (Wildman–Crippen MR) is 94.9 cm³/mol. The van der Waals surface area contributed by atoms with Crippen molar-refractivity contribution in [2.45, 2.75) is 25.3 Å². The van der Waals surface area contributed by atoms with E-state index in [9.17, 15) is 13.6 Å². The van der Waals surface area contributed by atoms with Gasteiger partial charge >= 0.3 is 0 Å². The maximum atomic E-state index is 13.4. The van der Waals surface area contributed by atoms with Gasteiger partial charge in [0.15, 0.2) is 17.5 Å². The van der Waals surface area contributed by atoms with Gasteiger partial charge in [-0.2, -0.15) is 5.10 Å². The van der Waals surface area contributed by atoms with Crippen molar-refractivity contribution >= 4 is 22.6 Å². The smallest absolute Gasteiger partial charge is 0.256 e. The molecule has 0 saturated heterocycles. The molecule has 0 radical (unpaired) electrons. The van der Waals surface area contributed by atoms with E-state index >= 15 is 0 Å². The zero-order valence-corrected chi connectivity index (χ0v) is 13.8. The zero-order chi connectivity index (χ0) is 18.3. The summed E-state index contributed by atoms with van der Waals surface area (Å²) in [5, 5.41) is 7.89. The highest BCUT2D eigenvalue weighted by molar-refractivity contribution is 6.08. The number of anilines is 1. The van der Waals surface area contributed by atoms with Crippen molar-refractivity contribution in [3.8, 4) is 12.3 Å². The summed E-state index contributed by atoms with van der Waals surface area (Å²) in [6.07, 6.45) is 7.69. The summed E-state index contributed by atoms with van der Waals surface area (Å²) in [7, 11) is 0. The molecule has 1 aliphatic carbocycles. The number of rotatable bonds is 4. The van der Waals surface area contributed by atoms with Crippen LogP contribution in [0, 0.1) is 24.0 Å². The van der Waals surface area contributed by atoms with Gasteiger partial charge < -0.3 is 5.32 Å². The van der Waals surface area contributed by atoms with Crippen LogP contribution >= 0.6 is 0 Å². The molecule has 26 heavy (non-hydrogen) atoms. The van der Waals surface area contributed by atoms with Crippen molar-refractivity contribution in [3.05, 3.63) is 59.2 Å². The first-order valence-corrected chi connectivity index (χ1v) is 8.27. The third-order valence-electron chi connectivity index (χ3n) is 4.47. The fraction of sp³-hybridized carbons (Fsp3) is 0.200. The molecule has 1 amide bonds. The number of hydrogen-bond acceptors (Lipinski definition) is 2. The summed E-state index contributed by atoms with van der Waals surface area (Å²) in [5.41, 5.74) is 2.09. The van der Waals surface area contributed by atoms with Crippen LogP contribution in [0.1, 0.15) is 34.7 Å². The quantitative estimate of drug-likeness (QED) is 0.720. The lowest BCUT2D eigenvalue weighted by molar-refractivity contribution is 0.102. The SMILES string of the molecule is C#CCn1nc(NC(=O)c2ccc(F)c(F)c2)c2cccc(C3CC3)c21. The standard InChI is InChI=1S/C20H15F2N3O/c1-2-10-25-18-14(12-6-7-12)4-3-5-15(18)19(24-25)23-20(26)13-8-9-16(21)17(22)11-13/h1,3-5,8-9,11-12H,6-7,10H2,(H,23,24,26). The minimum atomic E-state index is -1.07. The van der Waals surface area contributed by atoms with Gasteiger partial charge in [-0.05, 0) is 48.6 Å². The number of carbonyl (C=O) groups excluding carboxylic acids is 1. The van der Waals surface area contributed by atoms with Crippen LogP contribution < -0.4 is 5.32 Å². The Hall–Kier alpha value is -3.20. The van der Waals surface area contributed by atoms with E-state index in [1.807, 2.05) is 12.1 Å². The van der Waals surface area contributed by atoms with Crippen molar-refractivity contribution in [3.63, 3.8) is 0 Å². The lowest BCUT2D eigenvalue weighted by Gasteiger charge is -2.04. The van der Waals surface area contributed by atoms with E-state index in [1.54, 1.807) is 4.68 Å². The average Bonchev–Trinajstić information content (AvgIpc) is 3.42. The Bertz CT molecular complexity index is 1060. The lowest BCUT2D eigenvalue weighted by Crippen LogP contribution is -2.13. The van der Waals surface area contributed by atoms with Crippen LogP contribution in [0.5, 0.6) is 0 Å². The molecule has 1 aliphatic rings. The molecule has 1 aromatic heterocycles. The van der Waals surface area contributed by atoms with Crippen molar-refractivity contribution in [2.24, 2.45) is 0 Å². The van der Waals surface area contributed by atoms with Crippen LogP contribution in [-0.2, 0) is 6.54 Å². The van der Waals surface area contributed by atoms with Crippen molar-refractivity contribution in [2.75, 3.05) is 5.32 Å². The van der Waals surface area contributed by atoms with E-state index in [0.717, 1.165) is 35.9 Å². The number of benzene rings is 2. The van der Waals surface area contributed by atoms with Gasteiger partial charge in [-0.1, -0.05) is 18.1 Å². The van der Waals surface area contributed by atoms with Crippen LogP contribution in [0.2, 0.25) is 0 Å². The van der Waals surface area contributed by atoms with E-state index in [0.29, 0.717) is 11.7 Å². The molecule has 0 unspecified atom stereocenters. The van der Waals surface area contributed by atoms with Gasteiger partial charge in [-0.3, -0.25) is 9.48 Å². The van der Waals surface area contributed by atoms with Gasteiger partial charge in [0, 0.05) is 10.9 Å². The molecule has 2 aromatic carbocycles. The van der Waals surface area contributed by atoms with Crippen molar-refractivity contribution in [1.29, 1.82) is 0 Å². The van der Waals surface area contributed by atoms with Crippen molar-refractivity contribution < 1.29 is 13.6 Å². The fourth-order valence-electron chi connectivity index (χ4n) is 3.10. The van der Waals surface area contributed by atoms with Gasteiger partial charge in [0.2, 0.25) is 0 Å². The molecule has 1 heterocycles. The van der Waals surface area contributed by atoms with Gasteiger partial charge in [0.25, 0.3) is 5.91 Å². The minimum Gasteiger partial charge on any atom is -0.305 e. The number of carbonyl (C=O) groups is 1. The van der Waals surface area contributed by atoms with Crippen LogP contribution in [0.3, 0.4) is 0 Å². The molecule has 6 heteroatoms. The summed E-state index contributed by atoms with van der Waals surface area (Å²) in [4.78, 5) is 12.4. The summed E-state index contributed by atoms with van der Waals surface area (Å²) in [6, 6.07) is 8.85. The molecule has 0 bridgehead atoms. The predicted octanol–water partition coefficient (Wildman–Crippen LogP) is 4.08. The maximum Gasteiger partial charge on any atom is 0.256 e. The first-order valence-electron chi connectivity index (χ1n) is 8.27. The molecule has 3 aromatic rings. The van der Waals surface area contributed by atoms with Crippen LogP contribution in [0.4, 0.5) is 14.6 Å². The van der Waals surface area contributed by atoms with E-state index in [2.05, 4.69) is 22.4 Å². The second-order valence-electron chi connectivity index (χ2n) is 6.31. The maximum absolute atomic E-state index is 13.4. The second kappa shape index (κ2) is 6.26. The monoisotopic (exact) mass is 351 g/mol. The Balaban J connectivity index is 1.74. The summed E-state index contributed by atoms with van der Waals surface area (Å²) >= 11 is 0. The first-order chi connectivity index (χ1) is 12.6. The molecule has 4 rings (SSSR count). The van der Waals surface area contributed by atoms with E-state index in [-0.39, 0.29) is 12.1 Å². The van der Waals surface area contributed by atoms with Crippen LogP contribution in [0.15, 0.2) is 36.4 Å². The van der Waals surface area contributed by atoms with Gasteiger partial charge in [-0.15, -0.1) is 6.42 Å². The Labute approximate surface area is 148 Å². The summed E-state index contributed by atoms with van der Waals surface area (Å²) in [6.45, 7) is 0.279. The second-order valence-corrected chi connectivity index (χ2v) is 6.31. The highest BCUT2D eigenvalue weighted by Crippen LogP contribution is 2.44. The van der Waals surface area contributed by atoms with Gasteiger partial charge in [0.05, 0.1) is 5.52 Å². The first kappa shape index (κ1) is 16.3. The number of halogens is 2. The molecule has 4 nitrogen and oxygen atoms in total. The number of fused-ring (bicyclic) bond motifs is 1. The molecule has 1 saturated carbocycles. The molecule has 0 atom stereocenters. The van der Waals surface area contributed by atoms with Crippen molar-refractivity contribution in [1.82, 2.24) is 9.78 Å². The number of nitrogens with zero attached hydrogens (tertiary/aromatic N) is 2. The van der Waals surface area contributed by atoms with Gasteiger partial charge in [-0.25, -0.2) is 8.78 Å². The Morgan fingerprint density at radius 1 is 1.27 bits per heavy atom. The number of aromatic nitrogens is 2. The zero-order valence-electron chi connectivity index (χ0n) is 13.8. The molecule has 130 valence electrons. The highest BCUT2D eigenvalue weighted by atomic mass is 19.2. The molecule has 0 spiro atoms. The average molecular weight is 351 g/mol. The third-order valence-corrected chi connectivity index (χ3v) is 4.47. The summed E-state index contributed by atoms with van der Waals surface area (Å²) in [5.74, 6) is 0.778. The normalized spacial score (nSPS) is 13.6. The number of nitrogens with one attached hydrogen (secondary N) is 1. The fourth-order valence-corrected chi connectivity index (χ4v) is 3.10. The minimum absolute atomic E-state index is 0.0156. The Morgan fingerprint density at radius 3 is 2.77 bits per heavy atom. The Morgan fingerprint density at radius 2 is 2.08 bits per heavy atom. The number of para-hydroxylation sites is 1.